The van der Waals surface area contributed by atoms with Crippen LogP contribution in [0.25, 0.3) is 0 Å². The Morgan fingerprint density at radius 3 is 1.38 bits per heavy atom. The van der Waals surface area contributed by atoms with Gasteiger partial charge in [0.25, 0.3) is 0 Å². The molecule has 0 radical (unpaired) electrons. The van der Waals surface area contributed by atoms with Crippen molar-refractivity contribution < 1.29 is 20.4 Å². The van der Waals surface area contributed by atoms with Crippen LogP contribution in [0.15, 0.2) is 30.3 Å². The third-order valence-corrected chi connectivity index (χ3v) is 5.67. The summed E-state index contributed by atoms with van der Waals surface area (Å²) >= 11 is 0. The van der Waals surface area contributed by atoms with E-state index < -0.39 is 40.7 Å². The van der Waals surface area contributed by atoms with Crippen LogP contribution in [0, 0.1) is 16.2 Å². The largest absolute Gasteiger partial charge is 0.395 e. The zero-order valence-corrected chi connectivity index (χ0v) is 16.1. The molecule has 0 aliphatic heterocycles. The van der Waals surface area contributed by atoms with Gasteiger partial charge in [-0.2, -0.15) is 0 Å². The molecule has 0 saturated heterocycles. The molecule has 1 aromatic carbocycles. The van der Waals surface area contributed by atoms with E-state index in [0.29, 0.717) is 5.56 Å². The van der Waals surface area contributed by atoms with E-state index in [1.165, 1.54) is 0 Å². The number of rotatable bonds is 5. The van der Waals surface area contributed by atoms with Crippen LogP contribution in [0.1, 0.15) is 54.0 Å². The van der Waals surface area contributed by atoms with E-state index in [0.717, 1.165) is 0 Å². The van der Waals surface area contributed by atoms with E-state index in [1.807, 2.05) is 47.6 Å². The molecule has 0 bridgehead atoms. The van der Waals surface area contributed by atoms with Gasteiger partial charge in [-0.3, -0.25) is 0 Å². The highest BCUT2D eigenvalue weighted by Gasteiger charge is 2.68. The number of aliphatic hydroxyl groups excluding tert-OH is 2. The van der Waals surface area contributed by atoms with Crippen LogP contribution in [0.4, 0.5) is 0 Å². The summed E-state index contributed by atoms with van der Waals surface area (Å²) in [7, 11) is 0. The van der Waals surface area contributed by atoms with Gasteiger partial charge in [0, 0.05) is 0 Å². The first-order valence-corrected chi connectivity index (χ1v) is 8.45. The van der Waals surface area contributed by atoms with Crippen LogP contribution in [0.3, 0.4) is 0 Å². The van der Waals surface area contributed by atoms with Crippen molar-refractivity contribution in [2.45, 2.75) is 59.7 Å². The molecule has 0 fully saturated rings. The first-order chi connectivity index (χ1) is 10.7. The minimum atomic E-state index is -1.65. The van der Waals surface area contributed by atoms with Crippen molar-refractivity contribution in [1.82, 2.24) is 0 Å². The molecule has 1 aromatic rings. The van der Waals surface area contributed by atoms with Gasteiger partial charge < -0.3 is 20.4 Å². The molecule has 1 atom stereocenters. The molecule has 0 saturated carbocycles. The molecule has 0 aliphatic rings. The zero-order valence-electron chi connectivity index (χ0n) is 16.1. The summed E-state index contributed by atoms with van der Waals surface area (Å²) < 4.78 is 0. The molecular formula is C20H34O4. The van der Waals surface area contributed by atoms with Crippen molar-refractivity contribution >= 4 is 0 Å². The van der Waals surface area contributed by atoms with Gasteiger partial charge in [-0.25, -0.2) is 0 Å². The highest BCUT2D eigenvalue weighted by atomic mass is 16.3. The first-order valence-electron chi connectivity index (χ1n) is 8.45. The van der Waals surface area contributed by atoms with E-state index in [2.05, 4.69) is 0 Å². The Balaban J connectivity index is 3.82. The fraction of sp³-hybridized carbons (Fsp3) is 0.700. The van der Waals surface area contributed by atoms with Crippen molar-refractivity contribution in [1.29, 1.82) is 0 Å². The summed E-state index contributed by atoms with van der Waals surface area (Å²) in [6.45, 7) is 11.6. The number of benzene rings is 1. The Kier molecular flexibility index (Phi) is 5.64. The average molecular weight is 338 g/mol. The van der Waals surface area contributed by atoms with E-state index in [-0.39, 0.29) is 0 Å². The van der Waals surface area contributed by atoms with Crippen LogP contribution < -0.4 is 0 Å². The van der Waals surface area contributed by atoms with Gasteiger partial charge in [0.1, 0.15) is 0 Å². The lowest BCUT2D eigenvalue weighted by molar-refractivity contribution is -0.299. The van der Waals surface area contributed by atoms with E-state index in [9.17, 15) is 20.4 Å². The Hall–Kier alpha value is -0.940. The fourth-order valence-electron chi connectivity index (χ4n) is 4.54. The van der Waals surface area contributed by atoms with E-state index in [1.54, 1.807) is 31.2 Å². The third kappa shape index (κ3) is 2.80. The molecule has 0 spiro atoms. The van der Waals surface area contributed by atoms with Crippen LogP contribution >= 0.6 is 0 Å². The highest BCUT2D eigenvalue weighted by Crippen LogP contribution is 2.60. The van der Waals surface area contributed by atoms with Crippen molar-refractivity contribution in [2.24, 2.45) is 16.2 Å². The Bertz CT molecular complexity index is 517. The standard InChI is InChI=1S/C20H34O4/c1-16(2,3)20(24,17(4,5)6)19(13-21,14-22)18(7,23)15-11-9-8-10-12-15/h8-12,21-24H,13-14H2,1-7H3. The minimum absolute atomic E-state index is 0.542. The van der Waals surface area contributed by atoms with Crippen LogP contribution in [0.2, 0.25) is 0 Å². The van der Waals surface area contributed by atoms with Crippen LogP contribution in [-0.2, 0) is 5.60 Å². The summed E-state index contributed by atoms with van der Waals surface area (Å²) in [4.78, 5) is 0. The van der Waals surface area contributed by atoms with Crippen molar-refractivity contribution in [2.75, 3.05) is 13.2 Å². The minimum Gasteiger partial charge on any atom is -0.395 e. The van der Waals surface area contributed by atoms with Crippen LogP contribution in [-0.4, -0.2) is 39.2 Å². The van der Waals surface area contributed by atoms with E-state index >= 15 is 0 Å². The summed E-state index contributed by atoms with van der Waals surface area (Å²) in [6.07, 6.45) is 0. The predicted molar refractivity (Wildman–Crippen MR) is 96.5 cm³/mol. The summed E-state index contributed by atoms with van der Waals surface area (Å²) in [5, 5.41) is 44.1. The monoisotopic (exact) mass is 338 g/mol. The van der Waals surface area contributed by atoms with Crippen molar-refractivity contribution in [3.05, 3.63) is 35.9 Å². The molecule has 4 heteroatoms. The molecule has 1 unspecified atom stereocenters. The number of hydrogen-bond acceptors (Lipinski definition) is 4. The average Bonchev–Trinajstić information content (AvgIpc) is 2.47. The highest BCUT2D eigenvalue weighted by molar-refractivity contribution is 5.29. The molecule has 24 heavy (non-hydrogen) atoms. The quantitative estimate of drug-likeness (QED) is 0.665. The van der Waals surface area contributed by atoms with Crippen LogP contribution in [0.5, 0.6) is 0 Å². The molecule has 1 rings (SSSR count). The van der Waals surface area contributed by atoms with Gasteiger partial charge in [-0.05, 0) is 23.3 Å². The SMILES string of the molecule is CC(C)(C)C(O)(C(C)(C)C)C(CO)(CO)C(C)(O)c1ccccc1. The second-order valence-electron chi connectivity index (χ2n) is 9.05. The maximum atomic E-state index is 11.9. The lowest BCUT2D eigenvalue weighted by Gasteiger charge is -2.63. The van der Waals surface area contributed by atoms with Gasteiger partial charge >= 0.3 is 0 Å². The molecule has 138 valence electrons. The molecular weight excluding hydrogens is 304 g/mol. The second-order valence-corrected chi connectivity index (χ2v) is 9.05. The smallest absolute Gasteiger partial charge is 0.0996 e. The molecule has 4 nitrogen and oxygen atoms in total. The maximum Gasteiger partial charge on any atom is 0.0996 e. The topological polar surface area (TPSA) is 80.9 Å². The van der Waals surface area contributed by atoms with Gasteiger partial charge in [0.2, 0.25) is 0 Å². The lowest BCUT2D eigenvalue weighted by atomic mass is 9.46. The van der Waals surface area contributed by atoms with Crippen molar-refractivity contribution in [3.63, 3.8) is 0 Å². The first kappa shape index (κ1) is 21.1. The van der Waals surface area contributed by atoms with E-state index in [4.69, 9.17) is 0 Å². The van der Waals surface area contributed by atoms with Gasteiger partial charge in [0.05, 0.1) is 29.8 Å². The molecule has 0 aromatic heterocycles. The maximum absolute atomic E-state index is 11.9. The zero-order chi connectivity index (χ0) is 19.0. The van der Waals surface area contributed by atoms with Gasteiger partial charge in [0.15, 0.2) is 0 Å². The molecule has 4 N–H and O–H groups in total. The normalized spacial score (nSPS) is 16.8. The van der Waals surface area contributed by atoms with Gasteiger partial charge in [-0.15, -0.1) is 0 Å². The fourth-order valence-corrected chi connectivity index (χ4v) is 4.54. The predicted octanol–water partition coefficient (Wildman–Crippen LogP) is 2.69. The lowest BCUT2D eigenvalue weighted by Crippen LogP contribution is -2.72. The molecule has 0 amide bonds. The Labute approximate surface area is 146 Å². The number of aliphatic hydroxyl groups is 4. The second kappa shape index (κ2) is 6.41. The van der Waals surface area contributed by atoms with Crippen molar-refractivity contribution in [3.8, 4) is 0 Å². The summed E-state index contributed by atoms with van der Waals surface area (Å²) in [6, 6.07) is 8.89. The Morgan fingerprint density at radius 2 is 1.08 bits per heavy atom. The van der Waals surface area contributed by atoms with Gasteiger partial charge in [-0.1, -0.05) is 71.9 Å². The third-order valence-electron chi connectivity index (χ3n) is 5.67. The Morgan fingerprint density at radius 1 is 0.708 bits per heavy atom. The summed E-state index contributed by atoms with van der Waals surface area (Å²) in [5.74, 6) is 0. The summed E-state index contributed by atoms with van der Waals surface area (Å²) in [5.41, 5.74) is -5.67. The molecule has 0 heterocycles. The molecule has 0 aliphatic carbocycles. The number of hydrogen-bond donors (Lipinski definition) is 4.